The summed E-state index contributed by atoms with van der Waals surface area (Å²) in [5.41, 5.74) is 1.12. The van der Waals surface area contributed by atoms with Gasteiger partial charge in [0.2, 0.25) is 4.96 Å². The summed E-state index contributed by atoms with van der Waals surface area (Å²) in [7, 11) is 1.66. The van der Waals surface area contributed by atoms with Gasteiger partial charge in [-0.3, -0.25) is 0 Å². The first-order chi connectivity index (χ1) is 13.3. The van der Waals surface area contributed by atoms with Gasteiger partial charge in [0.25, 0.3) is 0 Å². The molecule has 8 heteroatoms. The number of nitrogens with zero attached hydrogens (tertiary/aromatic N) is 4. The van der Waals surface area contributed by atoms with E-state index < -0.39 is 0 Å². The Labute approximate surface area is 159 Å². The van der Waals surface area contributed by atoms with Crippen LogP contribution in [-0.2, 0) is 6.42 Å². The Morgan fingerprint density at radius 2 is 1.93 bits per heavy atom. The number of para-hydroxylation sites is 2. The molecule has 27 heavy (non-hydrogen) atoms. The van der Waals surface area contributed by atoms with Gasteiger partial charge in [0.15, 0.2) is 28.4 Å². The fourth-order valence-corrected chi connectivity index (χ4v) is 3.85. The van der Waals surface area contributed by atoms with Gasteiger partial charge in [-0.05, 0) is 29.8 Å². The molecule has 1 aliphatic heterocycles. The molecule has 1 atom stereocenters. The minimum Gasteiger partial charge on any atom is -0.497 e. The molecule has 4 aromatic rings. The number of fused-ring (bicyclic) bond motifs is 2. The van der Waals surface area contributed by atoms with E-state index in [2.05, 4.69) is 15.3 Å². The van der Waals surface area contributed by atoms with E-state index in [1.807, 2.05) is 48.5 Å². The molecule has 3 heterocycles. The number of aromatic nitrogens is 4. The fraction of sp³-hybridized carbons (Fsp3) is 0.211. The van der Waals surface area contributed by atoms with Crippen molar-refractivity contribution < 1.29 is 14.2 Å². The van der Waals surface area contributed by atoms with Crippen molar-refractivity contribution in [3.63, 3.8) is 0 Å². The molecule has 0 saturated heterocycles. The van der Waals surface area contributed by atoms with Crippen LogP contribution in [0.1, 0.15) is 22.5 Å². The highest BCUT2D eigenvalue weighted by Gasteiger charge is 2.26. The van der Waals surface area contributed by atoms with Gasteiger partial charge in [0, 0.05) is 6.42 Å². The lowest BCUT2D eigenvalue weighted by Gasteiger charge is -2.24. The smallest absolute Gasteiger partial charge is 0.234 e. The van der Waals surface area contributed by atoms with Crippen molar-refractivity contribution in [2.24, 2.45) is 0 Å². The van der Waals surface area contributed by atoms with E-state index in [1.54, 1.807) is 11.6 Å². The molecule has 0 unspecified atom stereocenters. The molecule has 0 radical (unpaired) electrons. The monoisotopic (exact) mass is 380 g/mol. The lowest BCUT2D eigenvalue weighted by Crippen LogP contribution is -2.21. The minimum atomic E-state index is -0.250. The van der Waals surface area contributed by atoms with Crippen LogP contribution >= 0.6 is 11.3 Å². The maximum absolute atomic E-state index is 6.05. The van der Waals surface area contributed by atoms with Crippen LogP contribution in [0.3, 0.4) is 0 Å². The lowest BCUT2D eigenvalue weighted by molar-refractivity contribution is 0.0904. The predicted molar refractivity (Wildman–Crippen MR) is 99.8 cm³/mol. The highest BCUT2D eigenvalue weighted by molar-refractivity contribution is 7.16. The van der Waals surface area contributed by atoms with Crippen LogP contribution in [0.5, 0.6) is 17.2 Å². The Morgan fingerprint density at radius 3 is 2.74 bits per heavy atom. The van der Waals surface area contributed by atoms with Crippen molar-refractivity contribution in [1.82, 2.24) is 19.8 Å². The second-order valence-corrected chi connectivity index (χ2v) is 7.13. The number of hydrogen-bond acceptors (Lipinski definition) is 7. The second-order valence-electron chi connectivity index (χ2n) is 6.14. The third-order valence-electron chi connectivity index (χ3n) is 4.38. The molecular weight excluding hydrogens is 364 g/mol. The minimum absolute atomic E-state index is 0.250. The summed E-state index contributed by atoms with van der Waals surface area (Å²) in [6.45, 7) is 0.426. The van der Waals surface area contributed by atoms with Crippen LogP contribution in [0.25, 0.3) is 4.96 Å². The molecule has 7 nitrogen and oxygen atoms in total. The van der Waals surface area contributed by atoms with E-state index in [4.69, 9.17) is 14.2 Å². The fourth-order valence-electron chi connectivity index (χ4n) is 2.98. The Bertz CT molecular complexity index is 1090. The largest absolute Gasteiger partial charge is 0.497 e. The van der Waals surface area contributed by atoms with Crippen LogP contribution in [0.15, 0.2) is 48.5 Å². The zero-order valence-electron chi connectivity index (χ0n) is 14.5. The summed E-state index contributed by atoms with van der Waals surface area (Å²) >= 11 is 1.47. The van der Waals surface area contributed by atoms with Gasteiger partial charge in [-0.25, -0.2) is 0 Å². The van der Waals surface area contributed by atoms with E-state index in [0.717, 1.165) is 38.6 Å². The number of ether oxygens (including phenoxy) is 3. The van der Waals surface area contributed by atoms with Crippen LogP contribution in [-0.4, -0.2) is 33.5 Å². The Morgan fingerprint density at radius 1 is 1.11 bits per heavy atom. The van der Waals surface area contributed by atoms with Crippen molar-refractivity contribution in [1.29, 1.82) is 0 Å². The number of methoxy groups -OCH3 is 1. The Balaban J connectivity index is 1.40. The van der Waals surface area contributed by atoms with Crippen molar-refractivity contribution in [2.75, 3.05) is 13.7 Å². The van der Waals surface area contributed by atoms with Gasteiger partial charge in [-0.1, -0.05) is 35.6 Å². The molecule has 136 valence electrons. The average Bonchev–Trinajstić information content (AvgIpc) is 3.30. The van der Waals surface area contributed by atoms with Crippen LogP contribution in [0.2, 0.25) is 0 Å². The Hall–Kier alpha value is -3.13. The van der Waals surface area contributed by atoms with E-state index >= 15 is 0 Å². The van der Waals surface area contributed by atoms with Crippen molar-refractivity contribution in [3.05, 3.63) is 64.9 Å². The summed E-state index contributed by atoms with van der Waals surface area (Å²) in [4.78, 5) is 0.746. The molecular formula is C19H16N4O3S. The summed E-state index contributed by atoms with van der Waals surface area (Å²) < 4.78 is 18.8. The summed E-state index contributed by atoms with van der Waals surface area (Å²) in [6.07, 6.45) is 0.388. The molecule has 0 N–H and O–H groups in total. The number of hydrogen-bond donors (Lipinski definition) is 0. The summed E-state index contributed by atoms with van der Waals surface area (Å²) in [6, 6.07) is 15.6. The van der Waals surface area contributed by atoms with Gasteiger partial charge < -0.3 is 14.2 Å². The van der Waals surface area contributed by atoms with Crippen LogP contribution < -0.4 is 14.2 Å². The molecule has 0 bridgehead atoms. The zero-order valence-corrected chi connectivity index (χ0v) is 15.3. The highest BCUT2D eigenvalue weighted by Crippen LogP contribution is 2.36. The topological polar surface area (TPSA) is 70.8 Å². The number of benzene rings is 2. The van der Waals surface area contributed by atoms with Gasteiger partial charge in [-0.2, -0.15) is 9.61 Å². The first-order valence-corrected chi connectivity index (χ1v) is 9.34. The van der Waals surface area contributed by atoms with Crippen LogP contribution in [0.4, 0.5) is 0 Å². The highest BCUT2D eigenvalue weighted by atomic mass is 32.1. The first kappa shape index (κ1) is 16.1. The lowest BCUT2D eigenvalue weighted by atomic mass is 10.1. The van der Waals surface area contributed by atoms with E-state index in [9.17, 15) is 0 Å². The maximum atomic E-state index is 6.05. The molecule has 1 aliphatic rings. The molecule has 0 amide bonds. The standard InChI is InChI=1S/C19H16N4O3S/c1-24-13-8-6-12(7-9-13)10-17-20-21-19-23(17)22-18(27-19)16-11-25-14-4-2-3-5-15(14)26-16/h2-9,16H,10-11H2,1H3/t16-/m1/s1. The normalized spacial score (nSPS) is 15.8. The quantitative estimate of drug-likeness (QED) is 0.541. The Kier molecular flexibility index (Phi) is 3.90. The average molecular weight is 380 g/mol. The van der Waals surface area contributed by atoms with Crippen molar-refractivity contribution in [2.45, 2.75) is 12.5 Å². The molecule has 0 aliphatic carbocycles. The third-order valence-corrected chi connectivity index (χ3v) is 5.37. The van der Waals surface area contributed by atoms with Gasteiger partial charge >= 0.3 is 0 Å². The van der Waals surface area contributed by atoms with Gasteiger partial charge in [0.05, 0.1) is 7.11 Å². The van der Waals surface area contributed by atoms with Crippen molar-refractivity contribution >= 4 is 16.3 Å². The van der Waals surface area contributed by atoms with E-state index in [0.29, 0.717) is 13.0 Å². The molecule has 0 saturated carbocycles. The van der Waals surface area contributed by atoms with Gasteiger partial charge in [0.1, 0.15) is 12.4 Å². The summed E-state index contributed by atoms with van der Waals surface area (Å²) in [5, 5.41) is 14.0. The van der Waals surface area contributed by atoms with E-state index in [-0.39, 0.29) is 6.10 Å². The first-order valence-electron chi connectivity index (χ1n) is 8.52. The molecule has 0 spiro atoms. The summed E-state index contributed by atoms with van der Waals surface area (Å²) in [5.74, 6) is 3.11. The SMILES string of the molecule is COc1ccc(Cc2nnc3sc([C@H]4COc5ccccc5O4)nn23)cc1. The molecule has 5 rings (SSSR count). The van der Waals surface area contributed by atoms with Gasteiger partial charge in [-0.15, -0.1) is 10.2 Å². The molecule has 2 aromatic heterocycles. The van der Waals surface area contributed by atoms with Crippen molar-refractivity contribution in [3.8, 4) is 17.2 Å². The molecule has 2 aromatic carbocycles. The number of rotatable bonds is 4. The van der Waals surface area contributed by atoms with E-state index in [1.165, 1.54) is 11.3 Å². The third kappa shape index (κ3) is 2.97. The maximum Gasteiger partial charge on any atom is 0.234 e. The zero-order chi connectivity index (χ0) is 18.2. The van der Waals surface area contributed by atoms with Crippen LogP contribution in [0, 0.1) is 0 Å². The second kappa shape index (κ2) is 6.55. The molecule has 0 fully saturated rings. The predicted octanol–water partition coefficient (Wildman–Crippen LogP) is 3.30.